The van der Waals surface area contributed by atoms with Crippen molar-refractivity contribution in [2.24, 2.45) is 11.3 Å². The van der Waals surface area contributed by atoms with E-state index in [0.29, 0.717) is 11.0 Å². The summed E-state index contributed by atoms with van der Waals surface area (Å²) in [5, 5.41) is 9.77. The molecule has 0 radical (unpaired) electrons. The van der Waals surface area contributed by atoms with Crippen molar-refractivity contribution < 1.29 is 5.11 Å². The zero-order valence-electron chi connectivity index (χ0n) is 9.52. The Kier molecular flexibility index (Phi) is 3.04. The molecule has 0 amide bonds. The van der Waals surface area contributed by atoms with E-state index in [9.17, 15) is 5.11 Å². The molecule has 1 aromatic rings. The lowest BCUT2D eigenvalue weighted by molar-refractivity contribution is 0.161. The zero-order chi connectivity index (χ0) is 11.8. The highest BCUT2D eigenvalue weighted by molar-refractivity contribution is 6.31. The zero-order valence-corrected chi connectivity index (χ0v) is 10.3. The van der Waals surface area contributed by atoms with Crippen molar-refractivity contribution in [2.45, 2.75) is 13.8 Å². The van der Waals surface area contributed by atoms with E-state index in [1.165, 1.54) is 0 Å². The molecular weight excluding hydrogens is 226 g/mol. The van der Waals surface area contributed by atoms with Gasteiger partial charge in [-0.1, -0.05) is 25.4 Å². The summed E-state index contributed by atoms with van der Waals surface area (Å²) < 4.78 is 0. The highest BCUT2D eigenvalue weighted by Crippen LogP contribution is 2.37. The summed E-state index contributed by atoms with van der Waals surface area (Å²) in [7, 11) is 0. The highest BCUT2D eigenvalue weighted by Gasteiger charge is 2.39. The van der Waals surface area contributed by atoms with Crippen LogP contribution in [0.5, 0.6) is 0 Å². The number of anilines is 1. The first-order chi connectivity index (χ1) is 7.54. The molecule has 0 aromatic carbocycles. The maximum atomic E-state index is 9.34. The second-order valence-corrected chi connectivity index (χ2v) is 5.28. The van der Waals surface area contributed by atoms with Crippen molar-refractivity contribution in [1.82, 2.24) is 9.97 Å². The molecule has 1 aliphatic rings. The standard InChI is InChI=1S/C11H16ClN3O/c1-11(2)7-15(5-8(11)6-16)10-9(12)13-3-4-14-10/h3-4,8,16H,5-7H2,1-2H3. The fourth-order valence-corrected chi connectivity index (χ4v) is 2.42. The summed E-state index contributed by atoms with van der Waals surface area (Å²) in [4.78, 5) is 10.4. The first kappa shape index (κ1) is 11.6. The van der Waals surface area contributed by atoms with Crippen molar-refractivity contribution in [3.63, 3.8) is 0 Å². The van der Waals surface area contributed by atoms with Crippen LogP contribution in [0, 0.1) is 11.3 Å². The van der Waals surface area contributed by atoms with Gasteiger partial charge in [0.2, 0.25) is 0 Å². The molecule has 1 unspecified atom stereocenters. The van der Waals surface area contributed by atoms with Gasteiger partial charge >= 0.3 is 0 Å². The Hall–Kier alpha value is -0.870. The van der Waals surface area contributed by atoms with Crippen LogP contribution in [0.2, 0.25) is 5.15 Å². The molecule has 0 spiro atoms. The molecule has 88 valence electrons. The van der Waals surface area contributed by atoms with Crippen LogP contribution in [0.1, 0.15) is 13.8 Å². The lowest BCUT2D eigenvalue weighted by Crippen LogP contribution is -2.25. The third-order valence-electron chi connectivity index (χ3n) is 3.30. The van der Waals surface area contributed by atoms with E-state index in [-0.39, 0.29) is 17.9 Å². The van der Waals surface area contributed by atoms with Gasteiger partial charge in [-0.3, -0.25) is 0 Å². The minimum atomic E-state index is 0.0790. The average Bonchev–Trinajstić information content (AvgIpc) is 2.54. The quantitative estimate of drug-likeness (QED) is 0.854. The fraction of sp³-hybridized carbons (Fsp3) is 0.636. The number of nitrogens with zero attached hydrogens (tertiary/aromatic N) is 3. The average molecular weight is 242 g/mol. The fourth-order valence-electron chi connectivity index (χ4n) is 2.19. The topological polar surface area (TPSA) is 49.2 Å². The number of rotatable bonds is 2. The Bertz CT molecular complexity index is 383. The van der Waals surface area contributed by atoms with Crippen LogP contribution in [0.4, 0.5) is 5.82 Å². The molecule has 0 saturated carbocycles. The van der Waals surface area contributed by atoms with Crippen molar-refractivity contribution >= 4 is 17.4 Å². The van der Waals surface area contributed by atoms with Crippen LogP contribution in [0.3, 0.4) is 0 Å². The summed E-state index contributed by atoms with van der Waals surface area (Å²) in [5.74, 6) is 0.971. The molecule has 2 heterocycles. The molecule has 4 nitrogen and oxygen atoms in total. The van der Waals surface area contributed by atoms with Crippen molar-refractivity contribution in [2.75, 3.05) is 24.6 Å². The van der Waals surface area contributed by atoms with Crippen molar-refractivity contribution in [3.05, 3.63) is 17.5 Å². The van der Waals surface area contributed by atoms with E-state index < -0.39 is 0 Å². The maximum absolute atomic E-state index is 9.34. The van der Waals surface area contributed by atoms with Gasteiger partial charge in [0.25, 0.3) is 0 Å². The van der Waals surface area contributed by atoms with E-state index in [4.69, 9.17) is 11.6 Å². The molecule has 1 N–H and O–H groups in total. The van der Waals surface area contributed by atoms with Gasteiger partial charge < -0.3 is 10.0 Å². The maximum Gasteiger partial charge on any atom is 0.171 e. The molecule has 1 saturated heterocycles. The molecule has 16 heavy (non-hydrogen) atoms. The third-order valence-corrected chi connectivity index (χ3v) is 3.57. The van der Waals surface area contributed by atoms with Gasteiger partial charge in [-0.15, -0.1) is 0 Å². The summed E-state index contributed by atoms with van der Waals surface area (Å²) >= 11 is 6.01. The lowest BCUT2D eigenvalue weighted by atomic mass is 9.83. The third kappa shape index (κ3) is 1.99. The Balaban J connectivity index is 2.23. The second kappa shape index (κ2) is 4.18. The van der Waals surface area contributed by atoms with Crippen LogP contribution in [0.25, 0.3) is 0 Å². The van der Waals surface area contributed by atoms with Crippen LogP contribution >= 0.6 is 11.6 Å². The van der Waals surface area contributed by atoms with Gasteiger partial charge in [0.15, 0.2) is 11.0 Å². The molecular formula is C11H16ClN3O. The van der Waals surface area contributed by atoms with E-state index >= 15 is 0 Å². The Morgan fingerprint density at radius 2 is 2.19 bits per heavy atom. The first-order valence-electron chi connectivity index (χ1n) is 5.37. The van der Waals surface area contributed by atoms with Crippen LogP contribution < -0.4 is 4.90 Å². The number of hydrogen-bond acceptors (Lipinski definition) is 4. The molecule has 0 bridgehead atoms. The van der Waals surface area contributed by atoms with Crippen LogP contribution in [-0.4, -0.2) is 34.8 Å². The summed E-state index contributed by atoms with van der Waals surface area (Å²) in [6.07, 6.45) is 3.22. The van der Waals surface area contributed by atoms with E-state index in [2.05, 4.69) is 28.7 Å². The molecule has 1 aliphatic heterocycles. The SMILES string of the molecule is CC1(C)CN(c2nccnc2Cl)CC1CO. The van der Waals surface area contributed by atoms with E-state index in [0.717, 1.165) is 13.1 Å². The summed E-state index contributed by atoms with van der Waals surface area (Å²) in [5.41, 5.74) is 0.0790. The predicted octanol–water partition coefficient (Wildman–Crippen LogP) is 1.58. The van der Waals surface area contributed by atoms with E-state index in [1.54, 1.807) is 12.4 Å². The van der Waals surface area contributed by atoms with Crippen LogP contribution in [0.15, 0.2) is 12.4 Å². The largest absolute Gasteiger partial charge is 0.396 e. The van der Waals surface area contributed by atoms with Gasteiger partial charge in [0.05, 0.1) is 0 Å². The molecule has 1 aromatic heterocycles. The smallest absolute Gasteiger partial charge is 0.171 e. The molecule has 0 aliphatic carbocycles. The molecule has 1 fully saturated rings. The first-order valence-corrected chi connectivity index (χ1v) is 5.74. The van der Waals surface area contributed by atoms with Gasteiger partial charge in [-0.05, 0) is 5.41 Å². The number of aromatic nitrogens is 2. The van der Waals surface area contributed by atoms with Gasteiger partial charge in [0.1, 0.15) is 0 Å². The van der Waals surface area contributed by atoms with E-state index in [1.807, 2.05) is 0 Å². The number of halogens is 1. The van der Waals surface area contributed by atoms with Gasteiger partial charge in [-0.25, -0.2) is 9.97 Å². The normalized spacial score (nSPS) is 23.8. The predicted molar refractivity (Wildman–Crippen MR) is 63.6 cm³/mol. The highest BCUT2D eigenvalue weighted by atomic mass is 35.5. The van der Waals surface area contributed by atoms with Gasteiger partial charge in [0, 0.05) is 38.0 Å². The molecule has 5 heteroatoms. The Morgan fingerprint density at radius 1 is 1.50 bits per heavy atom. The second-order valence-electron chi connectivity index (χ2n) is 4.92. The van der Waals surface area contributed by atoms with Gasteiger partial charge in [-0.2, -0.15) is 0 Å². The minimum Gasteiger partial charge on any atom is -0.396 e. The van der Waals surface area contributed by atoms with Crippen molar-refractivity contribution in [3.8, 4) is 0 Å². The molecule has 1 atom stereocenters. The Morgan fingerprint density at radius 3 is 2.75 bits per heavy atom. The number of aliphatic hydroxyl groups is 1. The summed E-state index contributed by atoms with van der Waals surface area (Å²) in [6, 6.07) is 0. The van der Waals surface area contributed by atoms with Crippen molar-refractivity contribution in [1.29, 1.82) is 0 Å². The minimum absolute atomic E-state index is 0.0790. The number of aliphatic hydroxyl groups excluding tert-OH is 1. The lowest BCUT2D eigenvalue weighted by Gasteiger charge is -2.23. The number of hydrogen-bond donors (Lipinski definition) is 1. The summed E-state index contributed by atoms with van der Waals surface area (Å²) in [6.45, 7) is 6.12. The monoisotopic (exact) mass is 241 g/mol. The Labute approximate surface area is 100 Å². The van der Waals surface area contributed by atoms with Crippen LogP contribution in [-0.2, 0) is 0 Å². The molecule has 2 rings (SSSR count).